The van der Waals surface area contributed by atoms with Crippen LogP contribution in [0.25, 0.3) is 0 Å². The molecule has 0 aromatic carbocycles. The van der Waals surface area contributed by atoms with Crippen molar-refractivity contribution >= 4 is 26.1 Å². The van der Waals surface area contributed by atoms with Crippen molar-refractivity contribution in [2.45, 2.75) is 194 Å². The van der Waals surface area contributed by atoms with Crippen molar-refractivity contribution in [2.75, 3.05) is 0 Å². The molecule has 39 heavy (non-hydrogen) atoms. The maximum atomic E-state index is 12.8. The van der Waals surface area contributed by atoms with Gasteiger partial charge in [-0.1, -0.05) is 78.1 Å². The molecule has 0 N–H and O–H groups in total. The normalized spacial score (nSPS) is 11.3. The van der Waals surface area contributed by atoms with Crippen LogP contribution in [0.2, 0.25) is 0 Å². The second-order valence-electron chi connectivity index (χ2n) is 12.0. The van der Waals surface area contributed by atoms with Gasteiger partial charge in [-0.3, -0.25) is 0 Å². The summed E-state index contributed by atoms with van der Waals surface area (Å²) in [6.07, 6.45) is 35.5. The monoisotopic (exact) mass is 608 g/mol. The molecule has 2 nitrogen and oxygen atoms in total. The minimum atomic E-state index is 0.183. The smallest absolute Gasteiger partial charge is 0.0654 e. The van der Waals surface area contributed by atoms with Crippen molar-refractivity contribution in [1.82, 2.24) is 0 Å². The Balaban J connectivity index is 2.01. The van der Waals surface area contributed by atoms with Gasteiger partial charge in [0.05, 0.1) is 0 Å². The Bertz CT molecular complexity index is 635. The molecule has 3 heteroatoms. The van der Waals surface area contributed by atoms with Gasteiger partial charge in [-0.2, -0.15) is 0 Å². The van der Waals surface area contributed by atoms with Crippen LogP contribution in [0.15, 0.2) is 9.88 Å². The van der Waals surface area contributed by atoms with Gasteiger partial charge in [-0.05, 0) is 0 Å². The Labute approximate surface area is 249 Å². The molecule has 0 saturated carbocycles. The van der Waals surface area contributed by atoms with Gasteiger partial charge in [-0.25, -0.2) is 0 Å². The molecule has 0 bridgehead atoms. The Morgan fingerprint density at radius 1 is 0.410 bits per heavy atom. The van der Waals surface area contributed by atoms with E-state index in [1.807, 2.05) is 0 Å². The summed E-state index contributed by atoms with van der Waals surface area (Å²) < 4.78 is 0. The molecule has 0 aliphatic rings. The van der Waals surface area contributed by atoms with Crippen LogP contribution >= 0.6 is 0 Å². The second kappa shape index (κ2) is 27.5. The van der Waals surface area contributed by atoms with Crippen LogP contribution in [0.4, 0.5) is 0 Å². The van der Waals surface area contributed by atoms with E-state index >= 15 is 0 Å². The number of Topliss-reactive ketones (excluding diaryl/α,β-unsaturated/α-hetero) is 2. The van der Waals surface area contributed by atoms with Crippen molar-refractivity contribution < 1.29 is 9.59 Å². The molecule has 0 atom stereocenters. The Kier molecular flexibility index (Phi) is 25.6. The van der Waals surface area contributed by atoms with Crippen LogP contribution in [0.1, 0.15) is 214 Å². The molecule has 0 aliphatic heterocycles. The fourth-order valence-corrected chi connectivity index (χ4v) is 7.40. The summed E-state index contributed by atoms with van der Waals surface area (Å²) in [4.78, 5) is 29.7. The molecule has 0 fully saturated rings. The van der Waals surface area contributed by atoms with E-state index < -0.39 is 0 Å². The van der Waals surface area contributed by atoms with E-state index in [0.717, 1.165) is 36.8 Å². The molecular weight excluding hydrogens is 543 g/mol. The van der Waals surface area contributed by atoms with Crippen LogP contribution in [-0.4, -0.2) is 26.1 Å². The quantitative estimate of drug-likeness (QED) is 0.0495. The third kappa shape index (κ3) is 20.8. The first-order valence-corrected chi connectivity index (χ1v) is 19.3. The molecule has 1 heterocycles. The number of carbonyl (C=O) groups is 2. The summed E-state index contributed by atoms with van der Waals surface area (Å²) in [5.74, 6) is 0.421. The molecule has 0 radical (unpaired) electrons. The van der Waals surface area contributed by atoms with E-state index in [-0.39, 0.29) is 26.1 Å². The van der Waals surface area contributed by atoms with E-state index in [1.54, 1.807) is 0 Å². The number of rotatable bonds is 30. The molecule has 0 spiro atoms. The molecule has 1 rings (SSSR count). The van der Waals surface area contributed by atoms with Gasteiger partial charge in [-0.15, -0.1) is 0 Å². The zero-order valence-corrected chi connectivity index (χ0v) is 27.9. The van der Waals surface area contributed by atoms with Gasteiger partial charge in [0.2, 0.25) is 0 Å². The molecular formula is C36H64O2Se. The van der Waals surface area contributed by atoms with Gasteiger partial charge >= 0.3 is 172 Å². The predicted molar refractivity (Wildman–Crippen MR) is 173 cm³/mol. The van der Waals surface area contributed by atoms with Crippen molar-refractivity contribution in [3.05, 3.63) is 21.0 Å². The third-order valence-corrected chi connectivity index (χ3v) is 9.84. The molecule has 0 amide bonds. The van der Waals surface area contributed by atoms with E-state index in [2.05, 4.69) is 23.7 Å². The van der Waals surface area contributed by atoms with Crippen LogP contribution in [0.5, 0.6) is 0 Å². The van der Waals surface area contributed by atoms with Gasteiger partial charge in [0.15, 0.2) is 0 Å². The van der Waals surface area contributed by atoms with Crippen molar-refractivity contribution in [1.29, 1.82) is 0 Å². The van der Waals surface area contributed by atoms with Gasteiger partial charge < -0.3 is 0 Å². The molecule has 0 aliphatic carbocycles. The minimum absolute atomic E-state index is 0.183. The summed E-state index contributed by atoms with van der Waals surface area (Å²) >= 11 is 0.183. The Morgan fingerprint density at radius 3 is 0.897 bits per heavy atom. The number of hydrogen-bond acceptors (Lipinski definition) is 2. The summed E-state index contributed by atoms with van der Waals surface area (Å²) in [6.45, 7) is 4.56. The Morgan fingerprint density at radius 2 is 0.641 bits per heavy atom. The first-order chi connectivity index (χ1) is 19.2. The van der Waals surface area contributed by atoms with Gasteiger partial charge in [0.1, 0.15) is 0 Å². The zero-order valence-electron chi connectivity index (χ0n) is 26.2. The number of carbonyl (C=O) groups excluding carboxylic acids is 2. The average molecular weight is 608 g/mol. The average Bonchev–Trinajstić information content (AvgIpc) is 3.44. The predicted octanol–water partition coefficient (Wildman–Crippen LogP) is 12.1. The number of unbranched alkanes of at least 4 members (excludes halogenated alkanes) is 24. The number of hydrogen-bond donors (Lipinski definition) is 0. The third-order valence-electron chi connectivity index (χ3n) is 8.28. The topological polar surface area (TPSA) is 34.1 Å². The molecule has 0 saturated heterocycles. The first kappa shape index (κ1) is 36.4. The summed E-state index contributed by atoms with van der Waals surface area (Å²) in [6, 6.07) is 0. The van der Waals surface area contributed by atoms with Gasteiger partial charge in [0.25, 0.3) is 0 Å². The molecule has 226 valence electrons. The van der Waals surface area contributed by atoms with E-state index in [9.17, 15) is 9.59 Å². The van der Waals surface area contributed by atoms with E-state index in [4.69, 9.17) is 0 Å². The standard InChI is InChI=1S/C36H64O2Se/c1-3-5-7-9-11-13-15-17-19-21-23-25-27-29-35(37)33-31-39-32-34(33)36(38)30-28-26-24-22-20-18-16-14-12-10-8-6-4-2/h31-32H,3-30H2,1-2H3. The van der Waals surface area contributed by atoms with E-state index in [0.29, 0.717) is 12.8 Å². The fraction of sp³-hybridized carbons (Fsp3) is 0.833. The van der Waals surface area contributed by atoms with E-state index in [1.165, 1.54) is 141 Å². The molecule has 1 aromatic rings. The summed E-state index contributed by atoms with van der Waals surface area (Å²) in [7, 11) is 0. The van der Waals surface area contributed by atoms with Crippen molar-refractivity contribution in [3.63, 3.8) is 0 Å². The van der Waals surface area contributed by atoms with Crippen LogP contribution < -0.4 is 0 Å². The van der Waals surface area contributed by atoms with Crippen molar-refractivity contribution in [3.8, 4) is 0 Å². The molecule has 0 unspecified atom stereocenters. The van der Waals surface area contributed by atoms with Gasteiger partial charge in [0, 0.05) is 0 Å². The fourth-order valence-electron chi connectivity index (χ4n) is 5.60. The summed E-state index contributed by atoms with van der Waals surface area (Å²) in [5, 5.41) is 0. The SMILES string of the molecule is CCCCCCCCCCCCCCCC(=O)c1c[se]cc1C(=O)CCCCCCCCCCCCCCC. The Hall–Kier alpha value is -0.661. The zero-order chi connectivity index (χ0) is 28.2. The van der Waals surface area contributed by atoms with Crippen LogP contribution in [-0.2, 0) is 0 Å². The minimum Gasteiger partial charge on any atom is -0.0654 e. The van der Waals surface area contributed by atoms with Crippen LogP contribution in [0.3, 0.4) is 0 Å². The second-order valence-corrected chi connectivity index (χ2v) is 13.6. The maximum absolute atomic E-state index is 12.8. The first-order valence-electron chi connectivity index (χ1n) is 17.3. The summed E-state index contributed by atoms with van der Waals surface area (Å²) in [5.41, 5.74) is 1.52. The molecule has 1 aromatic heterocycles. The van der Waals surface area contributed by atoms with Crippen molar-refractivity contribution in [2.24, 2.45) is 0 Å². The van der Waals surface area contributed by atoms with Crippen LogP contribution in [0, 0.1) is 0 Å². The number of ketones is 2.